The maximum Gasteiger partial charge on any atom is 0.126 e. The van der Waals surface area contributed by atoms with E-state index in [1.807, 2.05) is 12.3 Å². The number of hydrogen-bond acceptors (Lipinski definition) is 4. The molecule has 1 aromatic heterocycles. The monoisotopic (exact) mass is 340 g/mol. The minimum Gasteiger partial charge on any atom is -0.370 e. The molecule has 0 saturated heterocycles. The number of rotatable bonds is 8. The zero-order chi connectivity index (χ0) is 17.7. The molecular formula is C21H32N4. The normalized spacial score (nSPS) is 25.8. The lowest BCUT2D eigenvalue weighted by atomic mass is 9.76. The van der Waals surface area contributed by atoms with E-state index in [1.165, 1.54) is 43.4 Å². The van der Waals surface area contributed by atoms with Gasteiger partial charge in [0.15, 0.2) is 0 Å². The molecule has 4 heteroatoms. The van der Waals surface area contributed by atoms with Gasteiger partial charge >= 0.3 is 0 Å². The highest BCUT2D eigenvalue weighted by molar-refractivity contribution is 6.06. The van der Waals surface area contributed by atoms with Gasteiger partial charge in [-0.2, -0.15) is 0 Å². The first-order chi connectivity index (χ1) is 12.1. The fraction of sp³-hybridized carbons (Fsp3) is 0.667. The molecule has 1 aliphatic carbocycles. The van der Waals surface area contributed by atoms with Crippen LogP contribution in [0.3, 0.4) is 0 Å². The molecule has 0 spiro atoms. The van der Waals surface area contributed by atoms with Crippen molar-refractivity contribution < 1.29 is 0 Å². The van der Waals surface area contributed by atoms with Crippen molar-refractivity contribution in [2.45, 2.75) is 65.7 Å². The minimum absolute atomic E-state index is 0.292. The summed E-state index contributed by atoms with van der Waals surface area (Å²) in [4.78, 5) is 14.1. The molecule has 0 aromatic carbocycles. The molecule has 1 saturated carbocycles. The van der Waals surface area contributed by atoms with Crippen LogP contribution >= 0.6 is 0 Å². The number of aromatic nitrogens is 1. The Hall–Kier alpha value is -1.71. The predicted octanol–water partition coefficient (Wildman–Crippen LogP) is 5.04. The van der Waals surface area contributed by atoms with Crippen LogP contribution in [0.4, 0.5) is 5.82 Å². The second-order valence-corrected chi connectivity index (χ2v) is 7.78. The Morgan fingerprint density at radius 2 is 2.16 bits per heavy atom. The summed E-state index contributed by atoms with van der Waals surface area (Å²) in [6.45, 7) is 8.47. The maximum absolute atomic E-state index is 4.95. The van der Waals surface area contributed by atoms with E-state index < -0.39 is 0 Å². The highest BCUT2D eigenvalue weighted by atomic mass is 15.0. The molecule has 136 valence electrons. The Bertz CT molecular complexity index is 649. The SMILES string of the molecule is CCCC1=NCC(C2(CCC)CCC(CNc3cc(C)ccn3)C2)=N1. The van der Waals surface area contributed by atoms with E-state index in [0.29, 0.717) is 11.3 Å². The van der Waals surface area contributed by atoms with E-state index in [0.717, 1.165) is 37.6 Å². The number of nitrogens with zero attached hydrogens (tertiary/aromatic N) is 3. The Morgan fingerprint density at radius 1 is 1.28 bits per heavy atom. The highest BCUT2D eigenvalue weighted by Crippen LogP contribution is 2.47. The van der Waals surface area contributed by atoms with Crippen molar-refractivity contribution in [1.29, 1.82) is 0 Å². The number of aliphatic imine (C=N–C) groups is 2. The highest BCUT2D eigenvalue weighted by Gasteiger charge is 2.43. The van der Waals surface area contributed by atoms with Crippen LogP contribution in [0.15, 0.2) is 28.3 Å². The molecule has 0 amide bonds. The zero-order valence-corrected chi connectivity index (χ0v) is 16.0. The molecule has 3 rings (SSSR count). The number of hydrogen-bond donors (Lipinski definition) is 1. The third-order valence-electron chi connectivity index (χ3n) is 5.69. The van der Waals surface area contributed by atoms with E-state index >= 15 is 0 Å². The molecule has 2 heterocycles. The predicted molar refractivity (Wildman–Crippen MR) is 107 cm³/mol. The van der Waals surface area contributed by atoms with Crippen LogP contribution < -0.4 is 5.32 Å². The lowest BCUT2D eigenvalue weighted by molar-refractivity contribution is 0.375. The van der Waals surface area contributed by atoms with Crippen LogP contribution in [0.25, 0.3) is 0 Å². The van der Waals surface area contributed by atoms with Crippen molar-refractivity contribution in [3.8, 4) is 0 Å². The second-order valence-electron chi connectivity index (χ2n) is 7.78. The van der Waals surface area contributed by atoms with Crippen molar-refractivity contribution in [1.82, 2.24) is 4.98 Å². The summed E-state index contributed by atoms with van der Waals surface area (Å²) in [6, 6.07) is 4.17. The van der Waals surface area contributed by atoms with Gasteiger partial charge in [0.2, 0.25) is 0 Å². The van der Waals surface area contributed by atoms with Gasteiger partial charge in [-0.05, 0) is 62.6 Å². The third-order valence-corrected chi connectivity index (χ3v) is 5.69. The van der Waals surface area contributed by atoms with E-state index in [4.69, 9.17) is 9.98 Å². The molecule has 2 atom stereocenters. The number of aryl methyl sites for hydroxylation is 1. The van der Waals surface area contributed by atoms with Crippen LogP contribution in [0.2, 0.25) is 0 Å². The van der Waals surface area contributed by atoms with Gasteiger partial charge in [-0.1, -0.05) is 20.3 Å². The molecule has 1 aliphatic heterocycles. The molecular weight excluding hydrogens is 308 g/mol. The largest absolute Gasteiger partial charge is 0.370 e. The lowest BCUT2D eigenvalue weighted by Crippen LogP contribution is -2.30. The van der Waals surface area contributed by atoms with Crippen LogP contribution in [0.1, 0.15) is 64.4 Å². The van der Waals surface area contributed by atoms with Crippen LogP contribution in [-0.4, -0.2) is 29.6 Å². The van der Waals surface area contributed by atoms with Crippen LogP contribution in [0.5, 0.6) is 0 Å². The second kappa shape index (κ2) is 8.11. The lowest BCUT2D eigenvalue weighted by Gasteiger charge is -2.29. The summed E-state index contributed by atoms with van der Waals surface area (Å²) >= 11 is 0. The molecule has 2 aliphatic rings. The van der Waals surface area contributed by atoms with E-state index in [2.05, 4.69) is 37.1 Å². The summed E-state index contributed by atoms with van der Waals surface area (Å²) in [7, 11) is 0. The standard InChI is InChI=1S/C21H32N4/c1-4-6-19-24-15-18(25-19)21(9-5-2)10-7-17(13-21)14-23-20-12-16(3)8-11-22-20/h8,11-12,17H,4-7,9-10,13-15H2,1-3H3,(H,22,23). The quantitative estimate of drug-likeness (QED) is 0.720. The van der Waals surface area contributed by atoms with Crippen molar-refractivity contribution in [2.75, 3.05) is 18.4 Å². The molecule has 4 nitrogen and oxygen atoms in total. The summed E-state index contributed by atoms with van der Waals surface area (Å²) in [5.74, 6) is 2.78. The van der Waals surface area contributed by atoms with Crippen molar-refractivity contribution >= 4 is 17.4 Å². The van der Waals surface area contributed by atoms with Gasteiger partial charge in [-0.15, -0.1) is 0 Å². The van der Waals surface area contributed by atoms with Gasteiger partial charge < -0.3 is 5.32 Å². The van der Waals surface area contributed by atoms with Gasteiger partial charge in [0, 0.05) is 30.3 Å². The van der Waals surface area contributed by atoms with Gasteiger partial charge in [-0.25, -0.2) is 9.98 Å². The summed E-state index contributed by atoms with van der Waals surface area (Å²) in [5, 5.41) is 3.55. The minimum atomic E-state index is 0.292. The van der Waals surface area contributed by atoms with Gasteiger partial charge in [0.05, 0.1) is 6.54 Å². The van der Waals surface area contributed by atoms with Crippen molar-refractivity contribution in [3.63, 3.8) is 0 Å². The first-order valence-electron chi connectivity index (χ1n) is 9.93. The van der Waals surface area contributed by atoms with Gasteiger partial charge in [0.25, 0.3) is 0 Å². The topological polar surface area (TPSA) is 49.6 Å². The Labute approximate surface area is 152 Å². The number of anilines is 1. The third kappa shape index (κ3) is 4.28. The molecule has 25 heavy (non-hydrogen) atoms. The molecule has 0 bridgehead atoms. The van der Waals surface area contributed by atoms with Crippen LogP contribution in [-0.2, 0) is 0 Å². The number of amidine groups is 1. The molecule has 1 aromatic rings. The van der Waals surface area contributed by atoms with Gasteiger partial charge in [0.1, 0.15) is 11.7 Å². The van der Waals surface area contributed by atoms with E-state index in [9.17, 15) is 0 Å². The van der Waals surface area contributed by atoms with Gasteiger partial charge in [-0.3, -0.25) is 4.99 Å². The summed E-state index contributed by atoms with van der Waals surface area (Å²) in [6.07, 6.45) is 10.3. The van der Waals surface area contributed by atoms with E-state index in [-0.39, 0.29) is 0 Å². The summed E-state index contributed by atoms with van der Waals surface area (Å²) in [5.41, 5.74) is 2.92. The van der Waals surface area contributed by atoms with Crippen LogP contribution in [0, 0.1) is 18.3 Å². The van der Waals surface area contributed by atoms with E-state index in [1.54, 1.807) is 0 Å². The Balaban J connectivity index is 1.62. The average Bonchev–Trinajstić information content (AvgIpc) is 3.22. The first kappa shape index (κ1) is 18.1. The molecule has 0 radical (unpaired) electrons. The maximum atomic E-state index is 4.95. The Kier molecular flexibility index (Phi) is 5.87. The molecule has 2 unspecified atom stereocenters. The van der Waals surface area contributed by atoms with Crippen molar-refractivity contribution in [2.24, 2.45) is 21.3 Å². The zero-order valence-electron chi connectivity index (χ0n) is 16.0. The fourth-order valence-corrected chi connectivity index (χ4v) is 4.44. The summed E-state index contributed by atoms with van der Waals surface area (Å²) < 4.78 is 0. The molecule has 1 N–H and O–H groups in total. The molecule has 1 fully saturated rings. The smallest absolute Gasteiger partial charge is 0.126 e. The average molecular weight is 341 g/mol. The fourth-order valence-electron chi connectivity index (χ4n) is 4.44. The van der Waals surface area contributed by atoms with Crippen molar-refractivity contribution in [3.05, 3.63) is 23.9 Å². The number of pyridine rings is 1. The Morgan fingerprint density at radius 3 is 2.92 bits per heavy atom. The first-order valence-corrected chi connectivity index (χ1v) is 9.93. The number of nitrogens with one attached hydrogen (secondary N) is 1.